The fourth-order valence-electron chi connectivity index (χ4n) is 1.79. The van der Waals surface area contributed by atoms with E-state index in [1.165, 1.54) is 11.8 Å². The normalized spacial score (nSPS) is 18.6. The Morgan fingerprint density at radius 2 is 2.06 bits per heavy atom. The first-order valence-corrected chi connectivity index (χ1v) is 6.15. The first-order valence-electron chi connectivity index (χ1n) is 5.33. The Bertz CT molecular complexity index is 546. The molecule has 0 saturated carbocycles. The number of para-hydroxylation sites is 1. The van der Waals surface area contributed by atoms with Crippen molar-refractivity contribution in [1.29, 1.82) is 0 Å². The molecule has 4 heteroatoms. The fraction of sp³-hybridized carbons (Fsp3) is 0.0769. The van der Waals surface area contributed by atoms with Gasteiger partial charge in [-0.15, -0.1) is 0 Å². The van der Waals surface area contributed by atoms with Gasteiger partial charge < -0.3 is 0 Å². The van der Waals surface area contributed by atoms with Gasteiger partial charge in [0.25, 0.3) is 0 Å². The summed E-state index contributed by atoms with van der Waals surface area (Å²) in [4.78, 5) is 12.4. The van der Waals surface area contributed by atoms with Gasteiger partial charge in [-0.3, -0.25) is 4.79 Å². The van der Waals surface area contributed by atoms with Gasteiger partial charge in [0.1, 0.15) is 0 Å². The highest BCUT2D eigenvalue weighted by Gasteiger charge is 2.24. The molecule has 0 bridgehead atoms. The highest BCUT2D eigenvalue weighted by molar-refractivity contribution is 8.17. The Labute approximate surface area is 104 Å². The van der Waals surface area contributed by atoms with E-state index >= 15 is 0 Å². The number of thioether (sulfide) groups is 1. The summed E-state index contributed by atoms with van der Waals surface area (Å²) in [6.45, 7) is 0. The molecule has 0 spiro atoms. The van der Waals surface area contributed by atoms with Crippen LogP contribution in [0.15, 0.2) is 58.2 Å². The van der Waals surface area contributed by atoms with E-state index in [0.717, 1.165) is 16.2 Å². The number of hydrogen-bond acceptors (Lipinski definition) is 4. The highest BCUT2D eigenvalue weighted by Crippen LogP contribution is 2.38. The number of allylic oxidation sites excluding steroid dienone is 2. The first kappa shape index (κ1) is 10.4. The summed E-state index contributed by atoms with van der Waals surface area (Å²) in [6, 6.07) is 9.89. The van der Waals surface area contributed by atoms with Crippen LogP contribution in [0.1, 0.15) is 6.42 Å². The van der Waals surface area contributed by atoms with Crippen molar-refractivity contribution >= 4 is 28.8 Å². The number of benzene rings is 1. The van der Waals surface area contributed by atoms with Crippen LogP contribution in [-0.2, 0) is 4.79 Å². The van der Waals surface area contributed by atoms with E-state index in [1.807, 2.05) is 42.6 Å². The largest absolute Gasteiger partial charge is 0.286 e. The Hall–Kier alpha value is -1.81. The molecule has 3 rings (SSSR count). The topological polar surface area (TPSA) is 32.7 Å². The number of rotatable bonds is 1. The van der Waals surface area contributed by atoms with E-state index in [4.69, 9.17) is 0 Å². The molecule has 1 aromatic rings. The maximum atomic E-state index is 11.4. The van der Waals surface area contributed by atoms with E-state index < -0.39 is 0 Å². The molecule has 17 heavy (non-hydrogen) atoms. The van der Waals surface area contributed by atoms with Crippen molar-refractivity contribution in [2.45, 2.75) is 6.42 Å². The third kappa shape index (κ3) is 2.03. The predicted octanol–water partition coefficient (Wildman–Crippen LogP) is 2.92. The molecular formula is C13H10N2OS. The molecule has 2 heterocycles. The summed E-state index contributed by atoms with van der Waals surface area (Å²) in [7, 11) is 0. The number of hydrazone groups is 1. The van der Waals surface area contributed by atoms with Crippen LogP contribution >= 0.6 is 11.8 Å². The van der Waals surface area contributed by atoms with Gasteiger partial charge in [0, 0.05) is 23.7 Å². The minimum Gasteiger partial charge on any atom is -0.286 e. The maximum absolute atomic E-state index is 11.4. The molecule has 0 N–H and O–H groups in total. The lowest BCUT2D eigenvalue weighted by molar-refractivity contribution is -0.110. The average molecular weight is 242 g/mol. The summed E-state index contributed by atoms with van der Waals surface area (Å²) in [5, 5.41) is 6.34. The zero-order valence-electron chi connectivity index (χ0n) is 9.04. The van der Waals surface area contributed by atoms with Crippen molar-refractivity contribution in [3.05, 3.63) is 53.1 Å². The second kappa shape index (κ2) is 4.22. The van der Waals surface area contributed by atoms with Crippen LogP contribution in [0.2, 0.25) is 0 Å². The van der Waals surface area contributed by atoms with Crippen LogP contribution in [0.3, 0.4) is 0 Å². The van der Waals surface area contributed by atoms with E-state index in [-0.39, 0.29) is 5.12 Å². The molecule has 2 aliphatic heterocycles. The quantitative estimate of drug-likeness (QED) is 0.759. The minimum absolute atomic E-state index is 0.200. The SMILES string of the molecule is O=C1CC2=CN(c3ccccc3)N=CC=C2S1. The Kier molecular flexibility index (Phi) is 2.57. The molecule has 0 radical (unpaired) electrons. The van der Waals surface area contributed by atoms with E-state index in [1.54, 1.807) is 11.2 Å². The average Bonchev–Trinajstić information content (AvgIpc) is 2.58. The second-order valence-electron chi connectivity index (χ2n) is 3.78. The van der Waals surface area contributed by atoms with E-state index in [2.05, 4.69) is 5.10 Å². The smallest absolute Gasteiger partial charge is 0.198 e. The van der Waals surface area contributed by atoms with Gasteiger partial charge in [-0.2, -0.15) is 5.10 Å². The lowest BCUT2D eigenvalue weighted by Crippen LogP contribution is -2.07. The molecule has 0 aliphatic carbocycles. The number of hydrogen-bond donors (Lipinski definition) is 0. The number of carbonyl (C=O) groups excluding carboxylic acids is 1. The number of nitrogens with zero attached hydrogens (tertiary/aromatic N) is 2. The van der Waals surface area contributed by atoms with Crippen molar-refractivity contribution < 1.29 is 4.79 Å². The standard InChI is InChI=1S/C13H10N2OS/c16-13-8-10-9-15(11-4-2-1-3-5-11)14-7-6-12(10)17-13/h1-7,9H,8H2. The molecule has 1 saturated heterocycles. The Morgan fingerprint density at radius 3 is 2.88 bits per heavy atom. The molecule has 84 valence electrons. The van der Waals surface area contributed by atoms with Gasteiger partial charge >= 0.3 is 0 Å². The number of carbonyl (C=O) groups is 1. The summed E-state index contributed by atoms with van der Waals surface area (Å²) in [5.41, 5.74) is 2.04. The summed E-state index contributed by atoms with van der Waals surface area (Å²) in [5.74, 6) is 0. The Balaban J connectivity index is 1.98. The summed E-state index contributed by atoms with van der Waals surface area (Å²) in [6.07, 6.45) is 6.05. The highest BCUT2D eigenvalue weighted by atomic mass is 32.2. The van der Waals surface area contributed by atoms with Gasteiger partial charge in [-0.05, 0) is 23.8 Å². The van der Waals surface area contributed by atoms with Crippen LogP contribution in [0.4, 0.5) is 5.69 Å². The van der Waals surface area contributed by atoms with Crippen LogP contribution in [-0.4, -0.2) is 11.3 Å². The monoisotopic (exact) mass is 242 g/mol. The molecule has 1 aromatic carbocycles. The van der Waals surface area contributed by atoms with Gasteiger partial charge in [-0.1, -0.05) is 30.0 Å². The predicted molar refractivity (Wildman–Crippen MR) is 70.8 cm³/mol. The van der Waals surface area contributed by atoms with Crippen LogP contribution < -0.4 is 5.01 Å². The molecule has 0 unspecified atom stereocenters. The molecule has 0 atom stereocenters. The molecule has 3 nitrogen and oxygen atoms in total. The van der Waals surface area contributed by atoms with Crippen LogP contribution in [0.5, 0.6) is 0 Å². The van der Waals surface area contributed by atoms with Crippen molar-refractivity contribution in [3.8, 4) is 0 Å². The zero-order chi connectivity index (χ0) is 11.7. The Morgan fingerprint density at radius 1 is 1.24 bits per heavy atom. The van der Waals surface area contributed by atoms with Gasteiger partial charge in [0.2, 0.25) is 0 Å². The van der Waals surface area contributed by atoms with Crippen molar-refractivity contribution in [2.75, 3.05) is 5.01 Å². The molecule has 0 amide bonds. The number of anilines is 1. The number of fused-ring (bicyclic) bond motifs is 1. The minimum atomic E-state index is 0.200. The van der Waals surface area contributed by atoms with Crippen molar-refractivity contribution in [3.63, 3.8) is 0 Å². The van der Waals surface area contributed by atoms with Gasteiger partial charge in [-0.25, -0.2) is 5.01 Å². The van der Waals surface area contributed by atoms with Crippen LogP contribution in [0.25, 0.3) is 0 Å². The van der Waals surface area contributed by atoms with Crippen molar-refractivity contribution in [2.24, 2.45) is 5.10 Å². The first-order chi connectivity index (χ1) is 8.33. The molecule has 1 fully saturated rings. The lowest BCUT2D eigenvalue weighted by Gasteiger charge is -2.13. The van der Waals surface area contributed by atoms with E-state index in [0.29, 0.717) is 6.42 Å². The van der Waals surface area contributed by atoms with Crippen molar-refractivity contribution in [1.82, 2.24) is 0 Å². The second-order valence-corrected chi connectivity index (χ2v) is 4.88. The maximum Gasteiger partial charge on any atom is 0.198 e. The van der Waals surface area contributed by atoms with Crippen LogP contribution in [0, 0.1) is 0 Å². The molecule has 2 aliphatic rings. The van der Waals surface area contributed by atoms with Gasteiger partial charge in [0.05, 0.1) is 5.69 Å². The summed E-state index contributed by atoms with van der Waals surface area (Å²) < 4.78 is 0. The fourth-order valence-corrected chi connectivity index (χ4v) is 2.65. The lowest BCUT2D eigenvalue weighted by atomic mass is 10.2. The van der Waals surface area contributed by atoms with Gasteiger partial charge in [0.15, 0.2) is 5.12 Å². The third-order valence-electron chi connectivity index (χ3n) is 2.59. The van der Waals surface area contributed by atoms with E-state index in [9.17, 15) is 4.79 Å². The summed E-state index contributed by atoms with van der Waals surface area (Å²) >= 11 is 1.30. The third-order valence-corrected chi connectivity index (χ3v) is 3.58. The molecule has 0 aromatic heterocycles. The zero-order valence-corrected chi connectivity index (χ0v) is 9.85. The molecular weight excluding hydrogens is 232 g/mol.